The molecule has 2 aromatic rings. The largest absolute Gasteiger partial charge is 0.465 e. The van der Waals surface area contributed by atoms with E-state index < -0.39 is 17.8 Å². The number of carbonyl (C=O) groups is 3. The Hall–Kier alpha value is -3.45. The number of ether oxygens (including phenoxy) is 1. The molecule has 3 aliphatic rings. The number of amides is 1. The fourth-order valence-electron chi connectivity index (χ4n) is 5.06. The van der Waals surface area contributed by atoms with Crippen LogP contribution in [0.25, 0.3) is 10.9 Å². The molecule has 2 unspecified atom stereocenters. The summed E-state index contributed by atoms with van der Waals surface area (Å²) in [7, 11) is 3.63. The number of esters is 1. The number of hydrogen-bond donors (Lipinski definition) is 1. The molecule has 164 valence electrons. The third-order valence-electron chi connectivity index (χ3n) is 6.54. The lowest BCUT2D eigenvalue weighted by molar-refractivity contribution is -0.150. The Morgan fingerprint density at radius 2 is 2.00 bits per heavy atom. The van der Waals surface area contributed by atoms with Crippen LogP contribution in [0.3, 0.4) is 0 Å². The molecule has 1 amide bonds. The van der Waals surface area contributed by atoms with E-state index in [1.54, 1.807) is 24.9 Å². The molecule has 0 saturated carbocycles. The number of nitrogens with zero attached hydrogens (tertiary/aromatic N) is 2. The van der Waals surface area contributed by atoms with E-state index in [2.05, 4.69) is 5.32 Å². The Labute approximate surface area is 186 Å². The quantitative estimate of drug-likeness (QED) is 0.593. The molecule has 1 aromatic carbocycles. The summed E-state index contributed by atoms with van der Waals surface area (Å²) < 4.78 is 7.19. The minimum atomic E-state index is -1.05. The van der Waals surface area contributed by atoms with Gasteiger partial charge in [-0.25, -0.2) is 0 Å². The summed E-state index contributed by atoms with van der Waals surface area (Å²) in [5, 5.41) is 4.18. The van der Waals surface area contributed by atoms with E-state index in [9.17, 15) is 14.4 Å². The smallest absolute Gasteiger partial charge is 0.320 e. The summed E-state index contributed by atoms with van der Waals surface area (Å²) in [6.07, 6.45) is 5.54. The molecule has 3 heterocycles. The fraction of sp³-hybridized carbons (Fsp3) is 0.320. The number of likely N-dealkylation sites (N-methyl/N-ethyl adjacent to an activating group) is 1. The molecule has 5 rings (SSSR count). The van der Waals surface area contributed by atoms with E-state index in [4.69, 9.17) is 4.74 Å². The number of hydrogen-bond acceptors (Lipinski definition) is 5. The molecule has 0 saturated heterocycles. The molecule has 0 spiro atoms. The fourth-order valence-corrected chi connectivity index (χ4v) is 5.06. The first-order valence-corrected chi connectivity index (χ1v) is 10.8. The van der Waals surface area contributed by atoms with E-state index in [1.807, 2.05) is 48.2 Å². The highest BCUT2D eigenvalue weighted by atomic mass is 16.5. The number of allylic oxidation sites excluding steroid dienone is 1. The van der Waals surface area contributed by atoms with Crippen molar-refractivity contribution < 1.29 is 19.1 Å². The van der Waals surface area contributed by atoms with E-state index in [-0.39, 0.29) is 18.3 Å². The van der Waals surface area contributed by atoms with E-state index >= 15 is 0 Å². The predicted molar refractivity (Wildman–Crippen MR) is 120 cm³/mol. The summed E-state index contributed by atoms with van der Waals surface area (Å²) in [5.41, 5.74) is 4.56. The van der Waals surface area contributed by atoms with Gasteiger partial charge in [0, 0.05) is 55.6 Å². The molecular weight excluding hydrogens is 406 g/mol. The van der Waals surface area contributed by atoms with Crippen LogP contribution in [0.15, 0.2) is 65.0 Å². The van der Waals surface area contributed by atoms with Crippen molar-refractivity contribution in [2.45, 2.75) is 12.8 Å². The summed E-state index contributed by atoms with van der Waals surface area (Å²) in [6.45, 7) is 3.16. The van der Waals surface area contributed by atoms with Gasteiger partial charge in [0.15, 0.2) is 5.78 Å². The maximum absolute atomic E-state index is 13.9. The second kappa shape index (κ2) is 7.60. The van der Waals surface area contributed by atoms with Gasteiger partial charge < -0.3 is 19.5 Å². The first-order valence-electron chi connectivity index (χ1n) is 10.8. The molecule has 7 nitrogen and oxygen atoms in total. The molecule has 2 atom stereocenters. The minimum Gasteiger partial charge on any atom is -0.465 e. The Morgan fingerprint density at radius 1 is 1.22 bits per heavy atom. The van der Waals surface area contributed by atoms with E-state index in [1.165, 1.54) is 0 Å². The van der Waals surface area contributed by atoms with Crippen molar-refractivity contribution in [3.8, 4) is 0 Å². The van der Waals surface area contributed by atoms with Crippen LogP contribution in [0.5, 0.6) is 0 Å². The number of Topliss-reactive ketones (excluding diaryl/α,β-unsaturated/α-hetero) is 1. The highest BCUT2D eigenvalue weighted by Crippen LogP contribution is 2.48. The number of fused-ring (bicyclic) bond motifs is 2. The van der Waals surface area contributed by atoms with Gasteiger partial charge in [0.2, 0.25) is 0 Å². The van der Waals surface area contributed by atoms with Gasteiger partial charge >= 0.3 is 5.97 Å². The number of ketones is 1. The van der Waals surface area contributed by atoms with Crippen LogP contribution in [0.1, 0.15) is 18.4 Å². The standard InChI is InChI=1S/C25H25N3O4/c1-4-32-25(31)16-11-19-22(20(24(30)28(19)3)14-9-10-26-12-14)21(23(16)29)17-13-27(2)18-8-6-5-7-15(17)18/h5-9,11,13,16,21,26H,4,10,12H2,1-3H3. The molecule has 2 aliphatic heterocycles. The Kier molecular flexibility index (Phi) is 4.86. The Balaban J connectivity index is 1.79. The van der Waals surface area contributed by atoms with Gasteiger partial charge in [-0.1, -0.05) is 24.3 Å². The highest BCUT2D eigenvalue weighted by molar-refractivity contribution is 6.14. The molecule has 1 aromatic heterocycles. The Bertz CT molecular complexity index is 1260. The predicted octanol–water partition coefficient (Wildman–Crippen LogP) is 2.21. The molecule has 1 N–H and O–H groups in total. The van der Waals surface area contributed by atoms with Crippen molar-refractivity contribution in [1.82, 2.24) is 14.8 Å². The van der Waals surface area contributed by atoms with Crippen LogP contribution in [0, 0.1) is 5.92 Å². The van der Waals surface area contributed by atoms with Crippen LogP contribution in [-0.2, 0) is 26.2 Å². The van der Waals surface area contributed by atoms with Gasteiger partial charge in [0.1, 0.15) is 5.92 Å². The van der Waals surface area contributed by atoms with Crippen molar-refractivity contribution in [1.29, 1.82) is 0 Å². The lowest BCUT2D eigenvalue weighted by Crippen LogP contribution is -2.35. The summed E-state index contributed by atoms with van der Waals surface area (Å²) in [6, 6.07) is 7.86. The third kappa shape index (κ3) is 2.88. The molecule has 0 radical (unpaired) electrons. The minimum absolute atomic E-state index is 0.149. The van der Waals surface area contributed by atoms with Crippen molar-refractivity contribution in [3.05, 3.63) is 70.6 Å². The third-order valence-corrected chi connectivity index (χ3v) is 6.54. The van der Waals surface area contributed by atoms with Crippen LogP contribution in [0.2, 0.25) is 0 Å². The molecule has 1 aliphatic carbocycles. The Morgan fingerprint density at radius 3 is 2.72 bits per heavy atom. The van der Waals surface area contributed by atoms with Crippen molar-refractivity contribution in [2.75, 3.05) is 26.7 Å². The van der Waals surface area contributed by atoms with Gasteiger partial charge in [-0.05, 0) is 30.2 Å². The highest BCUT2D eigenvalue weighted by Gasteiger charge is 2.48. The average molecular weight is 431 g/mol. The second-order valence-electron chi connectivity index (χ2n) is 8.34. The van der Waals surface area contributed by atoms with Crippen LogP contribution >= 0.6 is 0 Å². The maximum Gasteiger partial charge on any atom is 0.320 e. The lowest BCUT2D eigenvalue weighted by Gasteiger charge is -2.29. The molecule has 32 heavy (non-hydrogen) atoms. The number of para-hydroxylation sites is 1. The number of aryl methyl sites for hydroxylation is 1. The lowest BCUT2D eigenvalue weighted by atomic mass is 9.74. The maximum atomic E-state index is 13.9. The van der Waals surface area contributed by atoms with Crippen LogP contribution in [0.4, 0.5) is 0 Å². The average Bonchev–Trinajstić information content (AvgIpc) is 3.48. The molecule has 7 heteroatoms. The normalized spacial score (nSPS) is 23.0. The number of nitrogens with one attached hydrogen (secondary N) is 1. The first kappa shape index (κ1) is 20.5. The zero-order chi connectivity index (χ0) is 22.6. The van der Waals surface area contributed by atoms with Gasteiger partial charge in [0.25, 0.3) is 5.91 Å². The number of carbonyl (C=O) groups excluding carboxylic acids is 3. The van der Waals surface area contributed by atoms with E-state index in [0.29, 0.717) is 29.9 Å². The van der Waals surface area contributed by atoms with Gasteiger partial charge in [0.05, 0.1) is 18.1 Å². The van der Waals surface area contributed by atoms with Crippen LogP contribution in [-0.4, -0.2) is 53.9 Å². The van der Waals surface area contributed by atoms with Gasteiger partial charge in [-0.2, -0.15) is 0 Å². The SMILES string of the molecule is CCOC(=O)C1C=C2C(=C(C3=CCNC3)C(=O)N2C)C(c2cn(C)c3ccccc23)C1=O. The number of benzene rings is 1. The summed E-state index contributed by atoms with van der Waals surface area (Å²) in [4.78, 5) is 41.5. The van der Waals surface area contributed by atoms with Crippen molar-refractivity contribution >= 4 is 28.6 Å². The van der Waals surface area contributed by atoms with Crippen molar-refractivity contribution in [2.24, 2.45) is 13.0 Å². The summed E-state index contributed by atoms with van der Waals surface area (Å²) in [5.74, 6) is -2.77. The molecule has 0 fully saturated rings. The molecular formula is C25H25N3O4. The zero-order valence-electron chi connectivity index (χ0n) is 18.3. The van der Waals surface area contributed by atoms with E-state index in [0.717, 1.165) is 22.0 Å². The summed E-state index contributed by atoms with van der Waals surface area (Å²) >= 11 is 0. The van der Waals surface area contributed by atoms with Gasteiger partial charge in [-0.3, -0.25) is 14.4 Å². The zero-order valence-corrected chi connectivity index (χ0v) is 18.3. The van der Waals surface area contributed by atoms with Crippen molar-refractivity contribution in [3.63, 3.8) is 0 Å². The first-order chi connectivity index (χ1) is 15.4. The number of aromatic nitrogens is 1. The second-order valence-corrected chi connectivity index (χ2v) is 8.34. The van der Waals surface area contributed by atoms with Gasteiger partial charge in [-0.15, -0.1) is 0 Å². The van der Waals surface area contributed by atoms with Crippen LogP contribution < -0.4 is 5.32 Å². The molecule has 0 bridgehead atoms. The number of rotatable bonds is 4. The topological polar surface area (TPSA) is 80.6 Å². The monoisotopic (exact) mass is 431 g/mol.